The Kier molecular flexibility index (Phi) is 3.53. The van der Waals surface area contributed by atoms with Crippen molar-refractivity contribution in [2.75, 3.05) is 6.61 Å². The molecular weight excluding hydrogens is 249 g/mol. The van der Waals surface area contributed by atoms with Crippen LogP contribution in [-0.4, -0.2) is 27.6 Å². The summed E-state index contributed by atoms with van der Waals surface area (Å²) >= 11 is 0. The highest BCUT2D eigenvalue weighted by Gasteiger charge is 2.28. The van der Waals surface area contributed by atoms with Crippen LogP contribution >= 0.6 is 0 Å². The van der Waals surface area contributed by atoms with E-state index in [1.807, 2.05) is 0 Å². The summed E-state index contributed by atoms with van der Waals surface area (Å²) in [5.41, 5.74) is 1.16. The molecule has 0 amide bonds. The molecule has 1 N–H and O–H groups in total. The Morgan fingerprint density at radius 2 is 2.17 bits per heavy atom. The normalized spacial score (nSPS) is 12.2. The number of ether oxygens (including phenoxy) is 1. The van der Waals surface area contributed by atoms with Crippen LogP contribution in [0.15, 0.2) is 24.5 Å². The molecule has 0 saturated carbocycles. The van der Waals surface area contributed by atoms with Gasteiger partial charge in [-0.05, 0) is 12.1 Å². The first kappa shape index (κ1) is 12.8. The summed E-state index contributed by atoms with van der Waals surface area (Å²) in [6.45, 7) is -0.656. The van der Waals surface area contributed by atoms with Crippen LogP contribution < -0.4 is 0 Å². The molecule has 0 aliphatic rings. The van der Waals surface area contributed by atoms with Crippen molar-refractivity contribution in [1.29, 1.82) is 0 Å². The molecule has 4 nitrogen and oxygen atoms in total. The Morgan fingerprint density at radius 1 is 1.39 bits per heavy atom. The van der Waals surface area contributed by atoms with Gasteiger partial charge in [0.1, 0.15) is 5.65 Å². The molecule has 2 heterocycles. The van der Waals surface area contributed by atoms with Gasteiger partial charge in [-0.1, -0.05) is 0 Å². The smallest absolute Gasteiger partial charge is 0.392 e. The number of hydrogen-bond donors (Lipinski definition) is 1. The van der Waals surface area contributed by atoms with Crippen LogP contribution in [0.1, 0.15) is 5.56 Å². The third kappa shape index (κ3) is 2.80. The Balaban J connectivity index is 2.18. The number of alkyl halides is 3. The van der Waals surface area contributed by atoms with Gasteiger partial charge in [0, 0.05) is 29.9 Å². The van der Waals surface area contributed by atoms with Gasteiger partial charge in [0.25, 0.3) is 0 Å². The lowest BCUT2D eigenvalue weighted by atomic mass is 10.2. The number of nitrogens with zero attached hydrogens (tertiary/aromatic N) is 2. The van der Waals surface area contributed by atoms with Crippen LogP contribution in [0.2, 0.25) is 0 Å². The Bertz CT molecular complexity index is 537. The van der Waals surface area contributed by atoms with Crippen LogP contribution in [0.5, 0.6) is 0 Å². The third-order valence-electron chi connectivity index (χ3n) is 2.48. The van der Waals surface area contributed by atoms with Crippen molar-refractivity contribution in [3.05, 3.63) is 30.1 Å². The number of rotatable bonds is 4. The van der Waals surface area contributed by atoms with E-state index in [-0.39, 0.29) is 13.2 Å². The number of hydrogen-bond acceptors (Lipinski definition) is 3. The summed E-state index contributed by atoms with van der Waals surface area (Å²) < 4.78 is 40.8. The van der Waals surface area contributed by atoms with Gasteiger partial charge < -0.3 is 9.67 Å². The summed E-state index contributed by atoms with van der Waals surface area (Å²) in [5.74, 6) is 0. The lowest BCUT2D eigenvalue weighted by Crippen LogP contribution is -2.17. The van der Waals surface area contributed by atoms with Crippen LogP contribution in [0.25, 0.3) is 11.0 Å². The topological polar surface area (TPSA) is 47.3 Å². The van der Waals surface area contributed by atoms with Crippen molar-refractivity contribution < 1.29 is 23.0 Å². The van der Waals surface area contributed by atoms with E-state index in [9.17, 15) is 13.2 Å². The first-order valence-electron chi connectivity index (χ1n) is 5.25. The fourth-order valence-electron chi connectivity index (χ4n) is 1.75. The van der Waals surface area contributed by atoms with E-state index in [4.69, 9.17) is 5.11 Å². The molecule has 0 atom stereocenters. The van der Waals surface area contributed by atoms with Gasteiger partial charge in [-0.3, -0.25) is 4.74 Å². The number of halogens is 3. The van der Waals surface area contributed by atoms with E-state index in [0.29, 0.717) is 11.2 Å². The summed E-state index contributed by atoms with van der Waals surface area (Å²) in [6.07, 6.45) is -1.50. The highest BCUT2D eigenvalue weighted by Crippen LogP contribution is 2.20. The SMILES string of the molecule is OCc1cn(CCOC(F)(F)F)c2ncccc12. The Morgan fingerprint density at radius 3 is 2.83 bits per heavy atom. The standard InChI is InChI=1S/C11H11F3N2O2/c12-11(13,14)18-5-4-16-6-8(7-17)9-2-1-3-15-10(9)16/h1-3,6,17H,4-5,7H2. The largest absolute Gasteiger partial charge is 0.522 e. The maximum atomic E-state index is 11.9. The van der Waals surface area contributed by atoms with Gasteiger partial charge in [-0.25, -0.2) is 4.98 Å². The average Bonchev–Trinajstić information content (AvgIpc) is 2.66. The van der Waals surface area contributed by atoms with Crippen molar-refractivity contribution in [2.24, 2.45) is 0 Å². The second kappa shape index (κ2) is 4.95. The Labute approximate surface area is 101 Å². The quantitative estimate of drug-likeness (QED) is 0.915. The molecule has 0 spiro atoms. The molecule has 2 aromatic rings. The minimum absolute atomic E-state index is 0.0209. The lowest BCUT2D eigenvalue weighted by Gasteiger charge is -2.08. The van der Waals surface area contributed by atoms with Crippen molar-refractivity contribution in [3.8, 4) is 0 Å². The molecule has 2 aromatic heterocycles. The number of aliphatic hydroxyl groups is 1. The monoisotopic (exact) mass is 260 g/mol. The van der Waals surface area contributed by atoms with Crippen LogP contribution in [0.4, 0.5) is 13.2 Å². The number of aromatic nitrogens is 2. The zero-order valence-electron chi connectivity index (χ0n) is 9.31. The average molecular weight is 260 g/mol. The molecule has 0 bridgehead atoms. The second-order valence-electron chi connectivity index (χ2n) is 3.67. The summed E-state index contributed by atoms with van der Waals surface area (Å²) in [5, 5.41) is 9.88. The molecule has 0 fully saturated rings. The number of pyridine rings is 1. The molecule has 0 unspecified atom stereocenters. The second-order valence-corrected chi connectivity index (χ2v) is 3.67. The molecule has 0 aliphatic carbocycles. The summed E-state index contributed by atoms with van der Waals surface area (Å²) in [6, 6.07) is 3.47. The predicted molar refractivity (Wildman–Crippen MR) is 57.7 cm³/mol. The van der Waals surface area contributed by atoms with Gasteiger partial charge in [0.15, 0.2) is 0 Å². The lowest BCUT2D eigenvalue weighted by molar-refractivity contribution is -0.325. The van der Waals surface area contributed by atoms with Crippen LogP contribution in [0, 0.1) is 0 Å². The predicted octanol–water partition coefficient (Wildman–Crippen LogP) is 2.06. The van der Waals surface area contributed by atoms with Gasteiger partial charge in [-0.2, -0.15) is 0 Å². The maximum Gasteiger partial charge on any atom is 0.522 e. The van der Waals surface area contributed by atoms with Gasteiger partial charge in [0.2, 0.25) is 0 Å². The van der Waals surface area contributed by atoms with Gasteiger partial charge in [0.05, 0.1) is 13.2 Å². The highest BCUT2D eigenvalue weighted by atomic mass is 19.4. The number of aliphatic hydroxyl groups excluding tert-OH is 1. The molecular formula is C11H11F3N2O2. The van der Waals surface area contributed by atoms with Crippen molar-refractivity contribution in [2.45, 2.75) is 19.5 Å². The fraction of sp³-hybridized carbons (Fsp3) is 0.364. The first-order valence-corrected chi connectivity index (χ1v) is 5.25. The molecule has 18 heavy (non-hydrogen) atoms. The van der Waals surface area contributed by atoms with Crippen molar-refractivity contribution in [3.63, 3.8) is 0 Å². The van der Waals surface area contributed by atoms with Crippen LogP contribution in [0.3, 0.4) is 0 Å². The minimum atomic E-state index is -4.63. The summed E-state index contributed by atoms with van der Waals surface area (Å²) in [4.78, 5) is 4.08. The first-order chi connectivity index (χ1) is 8.51. The summed E-state index contributed by atoms with van der Waals surface area (Å²) in [7, 11) is 0. The fourth-order valence-corrected chi connectivity index (χ4v) is 1.75. The highest BCUT2D eigenvalue weighted by molar-refractivity contribution is 5.80. The van der Waals surface area contributed by atoms with Gasteiger partial charge >= 0.3 is 6.36 Å². The zero-order chi connectivity index (χ0) is 13.2. The molecule has 0 aliphatic heterocycles. The van der Waals surface area contributed by atoms with E-state index in [1.54, 1.807) is 24.5 Å². The van der Waals surface area contributed by atoms with Crippen molar-refractivity contribution in [1.82, 2.24) is 9.55 Å². The molecule has 0 radical (unpaired) electrons. The Hall–Kier alpha value is -1.60. The zero-order valence-corrected chi connectivity index (χ0v) is 9.31. The molecule has 7 heteroatoms. The van der Waals surface area contributed by atoms with E-state index in [0.717, 1.165) is 5.39 Å². The third-order valence-corrected chi connectivity index (χ3v) is 2.48. The van der Waals surface area contributed by atoms with E-state index >= 15 is 0 Å². The number of fused-ring (bicyclic) bond motifs is 1. The van der Waals surface area contributed by atoms with Gasteiger partial charge in [-0.15, -0.1) is 13.2 Å². The minimum Gasteiger partial charge on any atom is -0.392 e. The molecule has 98 valence electrons. The van der Waals surface area contributed by atoms with E-state index in [1.165, 1.54) is 4.57 Å². The van der Waals surface area contributed by atoms with Crippen molar-refractivity contribution >= 4 is 11.0 Å². The maximum absolute atomic E-state index is 11.9. The van der Waals surface area contributed by atoms with Crippen LogP contribution in [-0.2, 0) is 17.9 Å². The van der Waals surface area contributed by atoms with E-state index < -0.39 is 13.0 Å². The molecule has 2 rings (SSSR count). The molecule has 0 saturated heterocycles. The molecule has 0 aromatic carbocycles. The van der Waals surface area contributed by atoms with E-state index in [2.05, 4.69) is 9.72 Å².